The SMILES string of the molecule is COc1cc([C@H]2O[C@@H](CCc3ccc(O)c(OCNC[C@H](O)C4CCCC4)c3)C[C@H](O)[C@@H]2CCO)cc(OC[C@@H]2N[C@H](C)C[C@]34CCC[C@@H]3C3(CCCC3)C[C@@H](C3=CCNC(N)=C3)[C@]24CC(=O)O)c1O. The van der Waals surface area contributed by atoms with Crippen molar-refractivity contribution in [1.82, 2.24) is 16.0 Å². The van der Waals surface area contributed by atoms with Crippen molar-refractivity contribution < 1.29 is 54.4 Å². The molecule has 3 aliphatic heterocycles. The third kappa shape index (κ3) is 9.84. The van der Waals surface area contributed by atoms with E-state index in [1.807, 2.05) is 12.1 Å². The molecule has 15 heteroatoms. The summed E-state index contributed by atoms with van der Waals surface area (Å²) in [5.41, 5.74) is 8.30. The van der Waals surface area contributed by atoms with E-state index in [1.165, 1.54) is 32.8 Å². The Bertz CT molecular complexity index is 2210. The number of aromatic hydroxyl groups is 2. The summed E-state index contributed by atoms with van der Waals surface area (Å²) >= 11 is 0. The molecule has 15 nitrogen and oxygen atoms in total. The number of carbonyl (C=O) groups is 1. The maximum Gasteiger partial charge on any atom is 0.304 e. The van der Waals surface area contributed by atoms with Gasteiger partial charge in [-0.3, -0.25) is 10.1 Å². The molecule has 2 saturated heterocycles. The molecule has 0 radical (unpaired) electrons. The number of aliphatic hydroxyl groups excluding tert-OH is 3. The second-order valence-corrected chi connectivity index (χ2v) is 22.3. The van der Waals surface area contributed by atoms with E-state index in [-0.39, 0.29) is 84.7 Å². The fraction of sp³-hybridized carbons (Fsp3) is 0.691. The predicted octanol–water partition coefficient (Wildman–Crippen LogP) is 6.69. The van der Waals surface area contributed by atoms with Crippen molar-refractivity contribution in [3.63, 3.8) is 0 Å². The van der Waals surface area contributed by atoms with Gasteiger partial charge in [-0.15, -0.1) is 0 Å². The normalized spacial score (nSPS) is 33.2. The third-order valence-corrected chi connectivity index (χ3v) is 18.5. The van der Waals surface area contributed by atoms with Crippen LogP contribution in [0.5, 0.6) is 28.7 Å². The lowest BCUT2D eigenvalue weighted by atomic mass is 9.36. The summed E-state index contributed by atoms with van der Waals surface area (Å²) in [5.74, 6) is 0.427. The summed E-state index contributed by atoms with van der Waals surface area (Å²) in [4.78, 5) is 13.5. The minimum Gasteiger partial charge on any atom is -0.504 e. The first kappa shape index (κ1) is 50.7. The number of fused-ring (bicyclic) bond motifs is 1. The Kier molecular flexibility index (Phi) is 15.5. The Hall–Kier alpha value is -4.25. The second-order valence-electron chi connectivity index (χ2n) is 22.3. The molecule has 9 rings (SSSR count). The number of nitrogens with one attached hydrogen (secondary N) is 3. The van der Waals surface area contributed by atoms with E-state index in [4.69, 9.17) is 24.7 Å². The maximum atomic E-state index is 13.5. The average Bonchev–Trinajstić information content (AvgIpc) is 4.15. The highest BCUT2D eigenvalue weighted by atomic mass is 16.5. The molecule has 2 aromatic carbocycles. The first-order valence-corrected chi connectivity index (χ1v) is 26.5. The number of allylic oxidation sites excluding steroid dienone is 2. The molecule has 3 heterocycles. The lowest BCUT2D eigenvalue weighted by molar-refractivity contribution is -0.203. The topological polar surface area (TPSA) is 237 Å². The Morgan fingerprint density at radius 1 is 0.986 bits per heavy atom. The molecule has 7 aliphatic rings. The molecule has 11 atom stereocenters. The monoisotopic (exact) mass is 973 g/mol. The zero-order valence-electron chi connectivity index (χ0n) is 41.4. The lowest BCUT2D eigenvalue weighted by Gasteiger charge is -2.70. The number of hydrogen-bond donors (Lipinski definition) is 10. The minimum absolute atomic E-state index is 0.0167. The summed E-state index contributed by atoms with van der Waals surface area (Å²) in [6.45, 7) is 3.29. The molecule has 70 heavy (non-hydrogen) atoms. The molecule has 0 amide bonds. The van der Waals surface area contributed by atoms with Crippen molar-refractivity contribution in [3.8, 4) is 28.7 Å². The van der Waals surface area contributed by atoms with Crippen LogP contribution in [-0.2, 0) is 16.0 Å². The quantitative estimate of drug-likeness (QED) is 0.0521. The van der Waals surface area contributed by atoms with Gasteiger partial charge in [0.05, 0.1) is 43.8 Å². The fourth-order valence-corrected chi connectivity index (χ4v) is 15.7. The lowest BCUT2D eigenvalue weighted by Crippen LogP contribution is -2.73. The number of aliphatic hydroxyl groups is 3. The van der Waals surface area contributed by atoms with Gasteiger partial charge in [-0.1, -0.05) is 44.2 Å². The van der Waals surface area contributed by atoms with Gasteiger partial charge in [0.25, 0.3) is 0 Å². The molecule has 2 aromatic rings. The molecule has 6 fully saturated rings. The van der Waals surface area contributed by atoms with Crippen LogP contribution in [0.15, 0.2) is 53.9 Å². The van der Waals surface area contributed by atoms with Gasteiger partial charge in [-0.05, 0) is 160 Å². The zero-order valence-corrected chi connectivity index (χ0v) is 41.4. The number of carboxylic acid groups (broad SMARTS) is 1. The maximum absolute atomic E-state index is 13.5. The molecule has 2 spiro atoms. The number of benzene rings is 2. The number of carboxylic acids is 1. The smallest absolute Gasteiger partial charge is 0.304 e. The molecular weight excluding hydrogens is 893 g/mol. The molecule has 0 unspecified atom stereocenters. The number of piperidine rings is 1. The number of hydrogen-bond acceptors (Lipinski definition) is 14. The van der Waals surface area contributed by atoms with Crippen LogP contribution in [0.3, 0.4) is 0 Å². The Labute approximate surface area is 413 Å². The summed E-state index contributed by atoms with van der Waals surface area (Å²) < 4.78 is 25.4. The van der Waals surface area contributed by atoms with E-state index in [1.54, 1.807) is 24.3 Å². The van der Waals surface area contributed by atoms with Gasteiger partial charge in [-0.2, -0.15) is 0 Å². The Morgan fingerprint density at radius 3 is 2.51 bits per heavy atom. The van der Waals surface area contributed by atoms with Crippen LogP contribution in [0.25, 0.3) is 0 Å². The van der Waals surface area contributed by atoms with Gasteiger partial charge in [0.2, 0.25) is 5.75 Å². The van der Waals surface area contributed by atoms with Crippen LogP contribution in [0.2, 0.25) is 0 Å². The van der Waals surface area contributed by atoms with Gasteiger partial charge in [-0.25, -0.2) is 0 Å². The van der Waals surface area contributed by atoms with E-state index in [0.717, 1.165) is 68.9 Å². The van der Waals surface area contributed by atoms with Crippen LogP contribution >= 0.6 is 0 Å². The van der Waals surface area contributed by atoms with Crippen molar-refractivity contribution in [1.29, 1.82) is 0 Å². The van der Waals surface area contributed by atoms with Gasteiger partial charge < -0.3 is 66.0 Å². The van der Waals surface area contributed by atoms with Crippen LogP contribution < -0.4 is 35.9 Å². The highest BCUT2D eigenvalue weighted by Gasteiger charge is 2.73. The number of aliphatic carboxylic acids is 1. The number of nitrogens with two attached hydrogens (primary N) is 1. The fourth-order valence-electron chi connectivity index (χ4n) is 15.7. The van der Waals surface area contributed by atoms with Crippen molar-refractivity contribution in [3.05, 3.63) is 65.0 Å². The zero-order chi connectivity index (χ0) is 49.2. The van der Waals surface area contributed by atoms with E-state index in [0.29, 0.717) is 61.3 Å². The van der Waals surface area contributed by atoms with E-state index in [9.17, 15) is 35.4 Å². The largest absolute Gasteiger partial charge is 0.504 e. The molecular formula is C55H80N4O11. The molecule has 0 bridgehead atoms. The van der Waals surface area contributed by atoms with Gasteiger partial charge in [0.15, 0.2) is 23.0 Å². The van der Waals surface area contributed by atoms with Crippen LogP contribution in [0.1, 0.15) is 133 Å². The summed E-state index contributed by atoms with van der Waals surface area (Å²) in [6, 6.07) is 8.42. The van der Waals surface area contributed by atoms with Gasteiger partial charge in [0.1, 0.15) is 13.3 Å². The Morgan fingerprint density at radius 2 is 1.77 bits per heavy atom. The summed E-state index contributed by atoms with van der Waals surface area (Å²) in [6.07, 6.45) is 17.7. The van der Waals surface area contributed by atoms with Gasteiger partial charge in [0, 0.05) is 43.1 Å². The van der Waals surface area contributed by atoms with Crippen LogP contribution in [-0.4, -0.2) is 107 Å². The summed E-state index contributed by atoms with van der Waals surface area (Å²) in [7, 11) is 1.48. The number of dihydropyridines is 1. The highest BCUT2D eigenvalue weighted by Crippen LogP contribution is 2.77. The number of aryl methyl sites for hydroxylation is 1. The highest BCUT2D eigenvalue weighted by molar-refractivity contribution is 5.69. The van der Waals surface area contributed by atoms with Crippen molar-refractivity contribution >= 4 is 5.97 Å². The molecule has 4 saturated carbocycles. The molecule has 4 aliphatic carbocycles. The standard InChI is InChI=1S/C55H80N4O11/c1-33-27-54-19-7-10-47(54)53(17-5-6-18-53)28-40(36-15-20-58-49(56)25-36)55(54,29-50(64)65)48(59-33)31-68-46-24-37(23-45(67-2)51(46)66)52-39(16-21-60)42(62)26-38(70-52)13-11-34-12-14-41(61)44(22-34)69-32-57-30-43(63)35-8-3-4-9-35/h12,14-15,22-25,33,35,38-40,42-43,47-48,52,57-63,66H,3-11,13,16-21,26-32,56H2,1-2H3,(H,64,65)/t33-,38+,39+,40+,42+,43+,47-,48+,52-,54-,55-/m1/s1. The van der Waals surface area contributed by atoms with E-state index in [2.05, 4.69) is 29.0 Å². The molecule has 0 aromatic heterocycles. The van der Waals surface area contributed by atoms with Crippen molar-refractivity contribution in [2.45, 2.75) is 159 Å². The van der Waals surface area contributed by atoms with E-state index >= 15 is 0 Å². The predicted molar refractivity (Wildman–Crippen MR) is 264 cm³/mol. The number of phenolic OH excluding ortho intramolecular Hbond substituents is 2. The van der Waals surface area contributed by atoms with Crippen LogP contribution in [0, 0.1) is 39.9 Å². The number of rotatable bonds is 19. The van der Waals surface area contributed by atoms with Crippen molar-refractivity contribution in [2.75, 3.05) is 40.1 Å². The summed E-state index contributed by atoms with van der Waals surface area (Å²) in [5, 5.41) is 76.3. The average molecular weight is 973 g/mol. The first-order chi connectivity index (χ1) is 33.8. The molecule has 11 N–H and O–H groups in total. The second kappa shape index (κ2) is 21.5. The van der Waals surface area contributed by atoms with Crippen molar-refractivity contribution in [2.24, 2.45) is 45.7 Å². The minimum atomic E-state index is -0.827. The first-order valence-electron chi connectivity index (χ1n) is 26.5. The number of ether oxygens (including phenoxy) is 4. The van der Waals surface area contributed by atoms with Crippen LogP contribution in [0.4, 0.5) is 0 Å². The van der Waals surface area contributed by atoms with E-state index < -0.39 is 41.7 Å². The number of phenols is 2. The molecule has 386 valence electrons. The third-order valence-electron chi connectivity index (χ3n) is 18.5. The Balaban J connectivity index is 0.964. The van der Waals surface area contributed by atoms with Gasteiger partial charge >= 0.3 is 5.97 Å². The number of methoxy groups -OCH3 is 1.